The van der Waals surface area contributed by atoms with Crippen LogP contribution in [0.4, 0.5) is 26.3 Å². The molecule has 2 heterocycles. The van der Waals surface area contributed by atoms with E-state index in [9.17, 15) is 26.3 Å². The van der Waals surface area contributed by atoms with Crippen molar-refractivity contribution in [2.24, 2.45) is 7.05 Å². The van der Waals surface area contributed by atoms with E-state index >= 15 is 0 Å². The van der Waals surface area contributed by atoms with Crippen LogP contribution in [0, 0.1) is 6.92 Å². The van der Waals surface area contributed by atoms with E-state index in [-0.39, 0.29) is 23.7 Å². The Labute approximate surface area is 145 Å². The van der Waals surface area contributed by atoms with Crippen molar-refractivity contribution < 1.29 is 31.1 Å². The number of hydrogen-bond donors (Lipinski definition) is 0. The Hall–Kier alpha value is -2.20. The highest BCUT2D eigenvalue weighted by Crippen LogP contribution is 2.43. The fraction of sp³-hybridized carbons (Fsp3) is 0.600. The lowest BCUT2D eigenvalue weighted by molar-refractivity contribution is -0.143. The van der Waals surface area contributed by atoms with Crippen LogP contribution in [-0.4, -0.2) is 26.2 Å². The lowest BCUT2D eigenvalue weighted by atomic mass is 9.93. The highest BCUT2D eigenvalue weighted by molar-refractivity contribution is 5.40. The summed E-state index contributed by atoms with van der Waals surface area (Å²) in [5.41, 5.74) is -4.33. The van der Waals surface area contributed by atoms with Crippen LogP contribution >= 0.6 is 0 Å². The maximum absolute atomic E-state index is 13.5. The highest BCUT2D eigenvalue weighted by Gasteiger charge is 2.46. The van der Waals surface area contributed by atoms with Gasteiger partial charge in [-0.15, -0.1) is 0 Å². The van der Waals surface area contributed by atoms with Crippen molar-refractivity contribution in [2.75, 3.05) is 6.61 Å². The first-order valence-corrected chi connectivity index (χ1v) is 7.63. The van der Waals surface area contributed by atoms with Crippen LogP contribution in [0.2, 0.25) is 0 Å². The summed E-state index contributed by atoms with van der Waals surface area (Å²) in [5, 5.41) is 6.98. The van der Waals surface area contributed by atoms with Gasteiger partial charge in [0.25, 0.3) is 0 Å². The zero-order valence-corrected chi connectivity index (χ0v) is 14.7. The first kappa shape index (κ1) is 20.1. The number of aromatic nitrogens is 4. The second kappa shape index (κ2) is 6.20. The summed E-state index contributed by atoms with van der Waals surface area (Å²) < 4.78 is 86.4. The molecule has 0 saturated heterocycles. The van der Waals surface area contributed by atoms with Crippen molar-refractivity contribution in [3.8, 4) is 5.88 Å². The quantitative estimate of drug-likeness (QED) is 0.744. The van der Waals surface area contributed by atoms with Gasteiger partial charge in [0.15, 0.2) is 11.4 Å². The third-order valence-corrected chi connectivity index (χ3v) is 3.86. The second-order valence-electron chi connectivity index (χ2n) is 6.22. The van der Waals surface area contributed by atoms with Crippen LogP contribution in [0.3, 0.4) is 0 Å². The SMILES string of the molecule is CCOc1c(C(C)(C)n2nc(C(F)(F)F)cc2C)c(C(F)(F)F)nn1C. The average molecular weight is 384 g/mol. The molecule has 5 nitrogen and oxygen atoms in total. The summed E-state index contributed by atoms with van der Waals surface area (Å²) in [6.45, 7) is 5.65. The molecule has 11 heteroatoms. The van der Waals surface area contributed by atoms with Crippen molar-refractivity contribution in [1.29, 1.82) is 0 Å². The minimum absolute atomic E-state index is 0.0572. The standard InChI is InChI=1S/C15H18F6N4O/c1-6-26-12-10(11(15(19,20)21)23-24(12)5)13(3,4)25-8(2)7-9(22-25)14(16,17)18/h7H,6H2,1-5H3. The fourth-order valence-electron chi connectivity index (χ4n) is 2.85. The molecule has 0 aliphatic heterocycles. The van der Waals surface area contributed by atoms with Gasteiger partial charge in [-0.25, -0.2) is 4.68 Å². The lowest BCUT2D eigenvalue weighted by Crippen LogP contribution is -2.33. The smallest absolute Gasteiger partial charge is 0.435 e. The molecule has 0 N–H and O–H groups in total. The molecule has 0 aliphatic carbocycles. The zero-order chi connectivity index (χ0) is 20.1. The highest BCUT2D eigenvalue weighted by atomic mass is 19.4. The van der Waals surface area contributed by atoms with E-state index in [0.29, 0.717) is 0 Å². The van der Waals surface area contributed by atoms with E-state index in [1.54, 1.807) is 6.92 Å². The molecule has 0 unspecified atom stereocenters. The van der Waals surface area contributed by atoms with Gasteiger partial charge in [-0.3, -0.25) is 4.68 Å². The molecule has 0 aromatic carbocycles. The van der Waals surface area contributed by atoms with Crippen molar-refractivity contribution in [3.63, 3.8) is 0 Å². The number of rotatable bonds is 4. The van der Waals surface area contributed by atoms with Crippen molar-refractivity contribution in [3.05, 3.63) is 28.7 Å². The van der Waals surface area contributed by atoms with E-state index in [4.69, 9.17) is 4.74 Å². The third kappa shape index (κ3) is 3.38. The fourth-order valence-corrected chi connectivity index (χ4v) is 2.85. The van der Waals surface area contributed by atoms with Gasteiger partial charge in [-0.1, -0.05) is 0 Å². The Balaban J connectivity index is 2.75. The normalized spacial score (nSPS) is 13.3. The predicted molar refractivity (Wildman–Crippen MR) is 79.8 cm³/mol. The number of hydrogen-bond acceptors (Lipinski definition) is 3. The average Bonchev–Trinajstić information content (AvgIpc) is 3.01. The van der Waals surface area contributed by atoms with Crippen LogP contribution in [0.1, 0.15) is 43.4 Å². The van der Waals surface area contributed by atoms with Gasteiger partial charge < -0.3 is 4.74 Å². The van der Waals surface area contributed by atoms with Crippen LogP contribution < -0.4 is 4.74 Å². The van der Waals surface area contributed by atoms with Gasteiger partial charge in [0.05, 0.1) is 17.7 Å². The molecule has 0 aliphatic rings. The van der Waals surface area contributed by atoms with Gasteiger partial charge in [0.1, 0.15) is 0 Å². The van der Waals surface area contributed by atoms with E-state index in [1.165, 1.54) is 27.8 Å². The molecular weight excluding hydrogens is 366 g/mol. The first-order chi connectivity index (χ1) is 11.7. The number of halogens is 6. The van der Waals surface area contributed by atoms with Gasteiger partial charge in [0, 0.05) is 12.7 Å². The molecule has 0 spiro atoms. The third-order valence-electron chi connectivity index (χ3n) is 3.86. The lowest BCUT2D eigenvalue weighted by Gasteiger charge is -2.28. The van der Waals surface area contributed by atoms with Crippen LogP contribution in [0.15, 0.2) is 6.07 Å². The van der Waals surface area contributed by atoms with Crippen LogP contribution in [0.5, 0.6) is 5.88 Å². The van der Waals surface area contributed by atoms with Gasteiger partial charge >= 0.3 is 12.4 Å². The molecule has 0 saturated carbocycles. The summed E-state index contributed by atoms with van der Waals surface area (Å²) in [6, 6.07) is 0.783. The summed E-state index contributed by atoms with van der Waals surface area (Å²) in [4.78, 5) is 0. The van der Waals surface area contributed by atoms with E-state index in [2.05, 4.69) is 10.2 Å². The molecule has 0 atom stereocenters. The van der Waals surface area contributed by atoms with Crippen LogP contribution in [-0.2, 0) is 24.9 Å². The van der Waals surface area contributed by atoms with Crippen molar-refractivity contribution in [2.45, 2.75) is 45.6 Å². The molecule has 2 rings (SSSR count). The van der Waals surface area contributed by atoms with E-state index in [0.717, 1.165) is 15.4 Å². The Morgan fingerprint density at radius 1 is 1.04 bits per heavy atom. The Morgan fingerprint density at radius 3 is 2.04 bits per heavy atom. The predicted octanol–water partition coefficient (Wildman–Crippen LogP) is 4.14. The molecule has 0 fully saturated rings. The monoisotopic (exact) mass is 384 g/mol. The first-order valence-electron chi connectivity index (χ1n) is 7.63. The molecule has 2 aromatic rings. The van der Waals surface area contributed by atoms with E-state index in [1.807, 2.05) is 0 Å². The number of alkyl halides is 6. The molecular formula is C15H18F6N4O. The number of ether oxygens (including phenoxy) is 1. The molecule has 26 heavy (non-hydrogen) atoms. The topological polar surface area (TPSA) is 44.9 Å². The molecule has 146 valence electrons. The summed E-state index contributed by atoms with van der Waals surface area (Å²) in [7, 11) is 1.27. The minimum Gasteiger partial charge on any atom is -0.478 e. The summed E-state index contributed by atoms with van der Waals surface area (Å²) in [5.74, 6) is -0.173. The maximum Gasteiger partial charge on any atom is 0.435 e. The van der Waals surface area contributed by atoms with Gasteiger partial charge in [-0.05, 0) is 33.8 Å². The summed E-state index contributed by atoms with van der Waals surface area (Å²) in [6.07, 6.45) is -9.52. The zero-order valence-electron chi connectivity index (χ0n) is 14.7. The van der Waals surface area contributed by atoms with Crippen molar-refractivity contribution in [1.82, 2.24) is 19.6 Å². The number of nitrogens with zero attached hydrogens (tertiary/aromatic N) is 4. The van der Waals surface area contributed by atoms with Gasteiger partial charge in [-0.2, -0.15) is 36.5 Å². The minimum atomic E-state index is -4.81. The maximum atomic E-state index is 13.5. The Bertz CT molecular complexity index is 800. The Kier molecular flexibility index (Phi) is 4.80. The van der Waals surface area contributed by atoms with Gasteiger partial charge in [0.2, 0.25) is 5.88 Å². The second-order valence-corrected chi connectivity index (χ2v) is 6.22. The molecule has 0 radical (unpaired) electrons. The van der Waals surface area contributed by atoms with E-state index < -0.39 is 29.3 Å². The number of aryl methyl sites for hydroxylation is 2. The Morgan fingerprint density at radius 2 is 1.62 bits per heavy atom. The van der Waals surface area contributed by atoms with Crippen LogP contribution in [0.25, 0.3) is 0 Å². The van der Waals surface area contributed by atoms with Crippen molar-refractivity contribution >= 4 is 0 Å². The summed E-state index contributed by atoms with van der Waals surface area (Å²) >= 11 is 0. The largest absolute Gasteiger partial charge is 0.478 e. The molecule has 0 bridgehead atoms. The molecule has 0 amide bonds. The molecule has 2 aromatic heterocycles.